The number of ether oxygens (including phenoxy) is 3. The first-order valence-electron chi connectivity index (χ1n) is 11.0. The maximum Gasteiger partial charge on any atom is 0.229 e. The van der Waals surface area contributed by atoms with Gasteiger partial charge in [-0.15, -0.1) is 0 Å². The minimum absolute atomic E-state index is 0.222. The summed E-state index contributed by atoms with van der Waals surface area (Å²) in [5.74, 6) is -3.40. The zero-order chi connectivity index (χ0) is 26.1. The highest BCUT2D eigenvalue weighted by molar-refractivity contribution is 6.06. The maximum absolute atomic E-state index is 13.3. The third kappa shape index (κ3) is 4.83. The molecule has 0 aromatic heterocycles. The average Bonchev–Trinajstić information content (AvgIpc) is 2.86. The summed E-state index contributed by atoms with van der Waals surface area (Å²) >= 11 is 0. The molecule has 0 spiro atoms. The molecular formula is C23H26O13. The van der Waals surface area contributed by atoms with Crippen LogP contribution in [0, 0.1) is 0 Å². The Balaban J connectivity index is 1.70. The summed E-state index contributed by atoms with van der Waals surface area (Å²) in [6, 6.07) is 9.47. The Hall–Kier alpha value is -3.01. The highest BCUT2D eigenvalue weighted by Crippen LogP contribution is 2.49. The number of phenolic OH excluding ortho intramolecular Hbond substituents is 2. The van der Waals surface area contributed by atoms with Gasteiger partial charge in [-0.3, -0.25) is 4.79 Å². The van der Waals surface area contributed by atoms with Crippen molar-refractivity contribution >= 4 is 5.78 Å². The van der Waals surface area contributed by atoms with Crippen molar-refractivity contribution in [2.45, 2.75) is 56.1 Å². The fourth-order valence-electron chi connectivity index (χ4n) is 3.92. The van der Waals surface area contributed by atoms with Crippen molar-refractivity contribution in [2.75, 3.05) is 6.61 Å². The van der Waals surface area contributed by atoms with Crippen LogP contribution in [0.3, 0.4) is 0 Å². The van der Waals surface area contributed by atoms with Gasteiger partial charge in [0.1, 0.15) is 35.7 Å². The second-order valence-electron chi connectivity index (χ2n) is 8.29. The SMILES string of the molecule is CC(O)OOC1C(=O)c2c(cc(O[C@@H]3O[C@H](CO)[C@@H](O)[C@H](O)[C@H]3O)c(O)c2O)OC1c1ccccc1. The van der Waals surface area contributed by atoms with Gasteiger partial charge < -0.3 is 50.0 Å². The normalized spacial score (nSPS) is 30.8. The lowest BCUT2D eigenvalue weighted by atomic mass is 9.92. The highest BCUT2D eigenvalue weighted by atomic mass is 17.2. The molecule has 2 aliphatic rings. The third-order valence-corrected chi connectivity index (χ3v) is 5.75. The molecule has 3 unspecified atom stereocenters. The molecule has 1 fully saturated rings. The van der Waals surface area contributed by atoms with E-state index in [4.69, 9.17) is 24.0 Å². The maximum atomic E-state index is 13.3. The number of ketones is 1. The largest absolute Gasteiger partial charge is 0.504 e. The van der Waals surface area contributed by atoms with Gasteiger partial charge in [0.05, 0.1) is 6.61 Å². The topological polar surface area (TPSA) is 205 Å². The summed E-state index contributed by atoms with van der Waals surface area (Å²) in [6.07, 6.45) is -12.1. The van der Waals surface area contributed by atoms with Gasteiger partial charge in [0, 0.05) is 6.07 Å². The molecule has 7 N–H and O–H groups in total. The van der Waals surface area contributed by atoms with E-state index in [1.807, 2.05) is 0 Å². The number of carbonyl (C=O) groups excluding carboxylic acids is 1. The van der Waals surface area contributed by atoms with E-state index in [2.05, 4.69) is 0 Å². The Morgan fingerprint density at radius 1 is 1.03 bits per heavy atom. The van der Waals surface area contributed by atoms with Crippen LogP contribution in [0.1, 0.15) is 28.9 Å². The minimum atomic E-state index is -1.80. The number of carbonyl (C=O) groups is 1. The van der Waals surface area contributed by atoms with Gasteiger partial charge in [-0.2, -0.15) is 0 Å². The summed E-state index contributed by atoms with van der Waals surface area (Å²) < 4.78 is 16.6. The van der Waals surface area contributed by atoms with E-state index in [0.717, 1.165) is 6.07 Å². The Bertz CT molecular complexity index is 1070. The molecule has 13 nitrogen and oxygen atoms in total. The van der Waals surface area contributed by atoms with Crippen molar-refractivity contribution in [3.63, 3.8) is 0 Å². The van der Waals surface area contributed by atoms with E-state index in [0.29, 0.717) is 5.56 Å². The lowest BCUT2D eigenvalue weighted by Crippen LogP contribution is -2.60. The molecule has 4 rings (SSSR count). The predicted octanol–water partition coefficient (Wildman–Crippen LogP) is -0.752. The van der Waals surface area contributed by atoms with E-state index in [1.54, 1.807) is 30.3 Å². The van der Waals surface area contributed by atoms with Gasteiger partial charge in [-0.1, -0.05) is 30.3 Å². The number of benzene rings is 2. The van der Waals surface area contributed by atoms with Crippen molar-refractivity contribution in [3.05, 3.63) is 47.5 Å². The van der Waals surface area contributed by atoms with Crippen molar-refractivity contribution < 1.29 is 64.5 Å². The molecule has 0 bridgehead atoms. The summed E-state index contributed by atoms with van der Waals surface area (Å²) in [5, 5.41) is 70.1. The number of hydrogen-bond donors (Lipinski definition) is 7. The zero-order valence-corrected chi connectivity index (χ0v) is 18.9. The molecule has 2 aromatic rings. The zero-order valence-electron chi connectivity index (χ0n) is 18.9. The van der Waals surface area contributed by atoms with Gasteiger partial charge in [-0.25, -0.2) is 9.78 Å². The molecule has 36 heavy (non-hydrogen) atoms. The van der Waals surface area contributed by atoms with Crippen LogP contribution in [0.2, 0.25) is 0 Å². The van der Waals surface area contributed by atoms with Crippen LogP contribution in [-0.4, -0.2) is 91.2 Å². The van der Waals surface area contributed by atoms with E-state index in [1.165, 1.54) is 6.92 Å². The standard InChI is InChI=1S/C23H26O13/c1-9(25)35-36-22-18(29)14-11(32-21(22)10-5-3-2-4-6-10)7-12(15(26)17(14)28)33-23-20(31)19(30)16(27)13(8-24)34-23/h2-7,9,13,16,19-28,30-31H,8H2,1H3/t9?,13-,16-,19+,20-,21?,22?,23-/m1/s1. The van der Waals surface area contributed by atoms with Gasteiger partial charge in [0.25, 0.3) is 0 Å². The second-order valence-corrected chi connectivity index (χ2v) is 8.29. The van der Waals surface area contributed by atoms with Crippen LogP contribution in [0.25, 0.3) is 0 Å². The van der Waals surface area contributed by atoms with Gasteiger partial charge in [-0.05, 0) is 12.5 Å². The molecule has 196 valence electrons. The molecule has 8 atom stereocenters. The van der Waals surface area contributed by atoms with E-state index in [9.17, 15) is 40.5 Å². The van der Waals surface area contributed by atoms with Crippen molar-refractivity contribution in [3.8, 4) is 23.0 Å². The average molecular weight is 510 g/mol. The molecule has 2 aromatic carbocycles. The van der Waals surface area contributed by atoms with Crippen molar-refractivity contribution in [1.82, 2.24) is 0 Å². The number of phenols is 2. The molecule has 0 radical (unpaired) electrons. The lowest BCUT2D eigenvalue weighted by Gasteiger charge is -2.39. The molecule has 0 aliphatic carbocycles. The lowest BCUT2D eigenvalue weighted by molar-refractivity contribution is -0.385. The van der Waals surface area contributed by atoms with E-state index < -0.39 is 84.4 Å². The molecular weight excluding hydrogens is 484 g/mol. The summed E-state index contributed by atoms with van der Waals surface area (Å²) in [7, 11) is 0. The molecule has 0 amide bonds. The number of fused-ring (bicyclic) bond motifs is 1. The second kappa shape index (κ2) is 10.5. The Morgan fingerprint density at radius 2 is 1.72 bits per heavy atom. The van der Waals surface area contributed by atoms with E-state index in [-0.39, 0.29) is 5.75 Å². The van der Waals surface area contributed by atoms with Crippen LogP contribution in [0.15, 0.2) is 36.4 Å². The number of aliphatic hydroxyl groups is 5. The van der Waals surface area contributed by atoms with Crippen molar-refractivity contribution in [2.24, 2.45) is 0 Å². The molecule has 13 heteroatoms. The third-order valence-electron chi connectivity index (χ3n) is 5.75. The number of aliphatic hydroxyl groups excluding tert-OH is 5. The number of hydrogen-bond acceptors (Lipinski definition) is 13. The molecule has 1 saturated heterocycles. The Labute approximate surface area is 204 Å². The molecule has 2 aliphatic heterocycles. The molecule has 0 saturated carbocycles. The first-order chi connectivity index (χ1) is 17.1. The van der Waals surface area contributed by atoms with Crippen LogP contribution in [0.4, 0.5) is 0 Å². The Morgan fingerprint density at radius 3 is 2.36 bits per heavy atom. The Kier molecular flexibility index (Phi) is 7.63. The predicted molar refractivity (Wildman–Crippen MR) is 116 cm³/mol. The number of rotatable bonds is 7. The van der Waals surface area contributed by atoms with Crippen molar-refractivity contribution in [1.29, 1.82) is 0 Å². The van der Waals surface area contributed by atoms with Gasteiger partial charge in [0.15, 0.2) is 30.0 Å². The number of Topliss-reactive ketones (excluding diaryl/α,β-unsaturated/α-hetero) is 1. The summed E-state index contributed by atoms with van der Waals surface area (Å²) in [4.78, 5) is 23.1. The van der Waals surface area contributed by atoms with E-state index >= 15 is 0 Å². The van der Waals surface area contributed by atoms with Crippen LogP contribution < -0.4 is 9.47 Å². The fourth-order valence-corrected chi connectivity index (χ4v) is 3.92. The summed E-state index contributed by atoms with van der Waals surface area (Å²) in [6.45, 7) is 0.546. The first-order valence-corrected chi connectivity index (χ1v) is 11.0. The van der Waals surface area contributed by atoms with Crippen LogP contribution in [0.5, 0.6) is 23.0 Å². The highest BCUT2D eigenvalue weighted by Gasteiger charge is 2.46. The monoisotopic (exact) mass is 510 g/mol. The minimum Gasteiger partial charge on any atom is -0.504 e. The van der Waals surface area contributed by atoms with Gasteiger partial charge >= 0.3 is 0 Å². The number of aromatic hydroxyl groups is 2. The van der Waals surface area contributed by atoms with Gasteiger partial charge in [0.2, 0.25) is 17.8 Å². The molecule has 2 heterocycles. The summed E-state index contributed by atoms with van der Waals surface area (Å²) in [5.41, 5.74) is 0.0275. The van der Waals surface area contributed by atoms with Crippen LogP contribution in [-0.2, 0) is 14.5 Å². The quantitative estimate of drug-likeness (QED) is 0.106. The smallest absolute Gasteiger partial charge is 0.229 e. The van der Waals surface area contributed by atoms with Crippen LogP contribution >= 0.6 is 0 Å². The fraction of sp³-hybridized carbons (Fsp3) is 0.435. The first kappa shape index (κ1) is 26.1.